The average molecular weight is 336 g/mol. The summed E-state index contributed by atoms with van der Waals surface area (Å²) in [5.41, 5.74) is 8.54. The summed E-state index contributed by atoms with van der Waals surface area (Å²) < 4.78 is 6.58. The minimum absolute atomic E-state index is 0.475. The molecule has 1 aromatic heterocycles. The van der Waals surface area contributed by atoms with E-state index >= 15 is 0 Å². The third-order valence-corrected chi connectivity index (χ3v) is 3.63. The smallest absolute Gasteiger partial charge is 0.239 e. The summed E-state index contributed by atoms with van der Waals surface area (Å²) in [4.78, 5) is 4.38. The molecule has 0 saturated heterocycles. The first kappa shape index (κ1) is 14.7. The molecule has 0 atom stereocenters. The number of aromatic nitrogens is 1. The second kappa shape index (κ2) is 6.61. The fourth-order valence-corrected chi connectivity index (χ4v) is 2.03. The standard InChI is InChI=1S/C15H18BrN3O/c1-3-8-20-15-13(17)6-7-14(19-15)18-11-5-4-10(2)12(16)9-11/h4-7,9H,3,8,17H2,1-2H3,(H,18,19). The molecule has 20 heavy (non-hydrogen) atoms. The third kappa shape index (κ3) is 3.63. The molecule has 0 aliphatic carbocycles. The second-order valence-electron chi connectivity index (χ2n) is 4.53. The number of hydrogen-bond acceptors (Lipinski definition) is 4. The van der Waals surface area contributed by atoms with Crippen molar-refractivity contribution in [1.29, 1.82) is 0 Å². The van der Waals surface area contributed by atoms with Gasteiger partial charge in [0.25, 0.3) is 0 Å². The van der Waals surface area contributed by atoms with Crippen LogP contribution < -0.4 is 15.8 Å². The minimum Gasteiger partial charge on any atom is -0.476 e. The number of pyridine rings is 1. The Hall–Kier alpha value is -1.75. The molecule has 5 heteroatoms. The summed E-state index contributed by atoms with van der Waals surface area (Å²) in [5.74, 6) is 1.18. The quantitative estimate of drug-likeness (QED) is 0.856. The lowest BCUT2D eigenvalue weighted by molar-refractivity contribution is 0.307. The van der Waals surface area contributed by atoms with Crippen molar-refractivity contribution in [1.82, 2.24) is 4.98 Å². The number of nitrogens with one attached hydrogen (secondary N) is 1. The number of ether oxygens (including phenoxy) is 1. The van der Waals surface area contributed by atoms with Gasteiger partial charge in [0.15, 0.2) is 0 Å². The van der Waals surface area contributed by atoms with E-state index in [1.54, 1.807) is 6.07 Å². The van der Waals surface area contributed by atoms with Crippen LogP contribution in [0.5, 0.6) is 5.88 Å². The predicted octanol–water partition coefficient (Wildman–Crippen LogP) is 4.27. The molecule has 1 aromatic carbocycles. The molecule has 0 fully saturated rings. The number of halogens is 1. The van der Waals surface area contributed by atoms with Gasteiger partial charge >= 0.3 is 0 Å². The van der Waals surface area contributed by atoms with Crippen LogP contribution in [-0.4, -0.2) is 11.6 Å². The zero-order valence-corrected chi connectivity index (χ0v) is 13.2. The molecule has 0 aliphatic rings. The lowest BCUT2D eigenvalue weighted by Crippen LogP contribution is -2.03. The number of rotatable bonds is 5. The third-order valence-electron chi connectivity index (χ3n) is 2.78. The van der Waals surface area contributed by atoms with Gasteiger partial charge in [-0.05, 0) is 43.2 Å². The molecular weight excluding hydrogens is 318 g/mol. The summed E-state index contributed by atoms with van der Waals surface area (Å²) >= 11 is 3.51. The van der Waals surface area contributed by atoms with Gasteiger partial charge in [-0.3, -0.25) is 0 Å². The van der Waals surface area contributed by atoms with Crippen molar-refractivity contribution < 1.29 is 4.74 Å². The molecule has 0 radical (unpaired) electrons. The summed E-state index contributed by atoms with van der Waals surface area (Å²) in [5, 5.41) is 3.24. The highest BCUT2D eigenvalue weighted by molar-refractivity contribution is 9.10. The molecule has 2 aromatic rings. The summed E-state index contributed by atoms with van der Waals surface area (Å²) in [7, 11) is 0. The number of nitrogens with two attached hydrogens (primary N) is 1. The zero-order valence-electron chi connectivity index (χ0n) is 11.6. The Morgan fingerprint density at radius 3 is 2.80 bits per heavy atom. The fraction of sp³-hybridized carbons (Fsp3) is 0.267. The van der Waals surface area contributed by atoms with Gasteiger partial charge in [-0.2, -0.15) is 4.98 Å². The van der Waals surface area contributed by atoms with Crippen LogP contribution in [0.25, 0.3) is 0 Å². The van der Waals surface area contributed by atoms with E-state index in [0.717, 1.165) is 16.6 Å². The van der Waals surface area contributed by atoms with Crippen molar-refractivity contribution in [2.45, 2.75) is 20.3 Å². The Morgan fingerprint density at radius 2 is 2.10 bits per heavy atom. The molecule has 0 spiro atoms. The summed E-state index contributed by atoms with van der Waals surface area (Å²) in [6, 6.07) is 9.69. The van der Waals surface area contributed by atoms with Crippen molar-refractivity contribution >= 4 is 33.1 Å². The maximum Gasteiger partial charge on any atom is 0.239 e. The molecule has 2 rings (SSSR count). The Balaban J connectivity index is 2.18. The SMILES string of the molecule is CCCOc1nc(Nc2ccc(C)c(Br)c2)ccc1N. The topological polar surface area (TPSA) is 60.2 Å². The largest absolute Gasteiger partial charge is 0.476 e. The molecule has 0 bridgehead atoms. The first-order chi connectivity index (χ1) is 9.60. The van der Waals surface area contributed by atoms with Gasteiger partial charge in [0.2, 0.25) is 5.88 Å². The van der Waals surface area contributed by atoms with Crippen LogP contribution in [0.1, 0.15) is 18.9 Å². The summed E-state index contributed by atoms with van der Waals surface area (Å²) in [6.07, 6.45) is 0.920. The number of nitrogen functional groups attached to an aromatic ring is 1. The van der Waals surface area contributed by atoms with Crippen molar-refractivity contribution in [2.75, 3.05) is 17.7 Å². The molecule has 0 amide bonds. The van der Waals surface area contributed by atoms with Crippen LogP contribution in [0.15, 0.2) is 34.8 Å². The molecule has 0 saturated carbocycles. The van der Waals surface area contributed by atoms with Crippen LogP contribution in [0.4, 0.5) is 17.2 Å². The van der Waals surface area contributed by atoms with Gasteiger partial charge in [0, 0.05) is 10.2 Å². The highest BCUT2D eigenvalue weighted by Crippen LogP contribution is 2.26. The van der Waals surface area contributed by atoms with E-state index in [4.69, 9.17) is 10.5 Å². The Bertz CT molecular complexity index is 602. The molecule has 1 heterocycles. The monoisotopic (exact) mass is 335 g/mol. The summed E-state index contributed by atoms with van der Waals surface area (Å²) in [6.45, 7) is 4.70. The number of nitrogens with zero attached hydrogens (tertiary/aromatic N) is 1. The molecule has 0 aliphatic heterocycles. The van der Waals surface area contributed by atoms with Crippen LogP contribution in [0.3, 0.4) is 0 Å². The zero-order chi connectivity index (χ0) is 14.5. The molecule has 106 valence electrons. The molecule has 3 N–H and O–H groups in total. The maximum atomic E-state index is 5.84. The lowest BCUT2D eigenvalue weighted by Gasteiger charge is -2.11. The number of hydrogen-bond donors (Lipinski definition) is 2. The Labute approximate surface area is 127 Å². The van der Waals surface area contributed by atoms with E-state index in [2.05, 4.69) is 26.2 Å². The number of anilines is 3. The van der Waals surface area contributed by atoms with E-state index in [9.17, 15) is 0 Å². The first-order valence-corrected chi connectivity index (χ1v) is 7.32. The van der Waals surface area contributed by atoms with E-state index in [-0.39, 0.29) is 0 Å². The highest BCUT2D eigenvalue weighted by Gasteiger charge is 2.05. The van der Waals surface area contributed by atoms with Crippen LogP contribution in [0, 0.1) is 6.92 Å². The number of aryl methyl sites for hydroxylation is 1. The maximum absolute atomic E-state index is 5.84. The lowest BCUT2D eigenvalue weighted by atomic mass is 10.2. The highest BCUT2D eigenvalue weighted by atomic mass is 79.9. The first-order valence-electron chi connectivity index (χ1n) is 6.52. The van der Waals surface area contributed by atoms with Crippen molar-refractivity contribution in [3.05, 3.63) is 40.4 Å². The van der Waals surface area contributed by atoms with Gasteiger partial charge in [0.05, 0.1) is 12.3 Å². The second-order valence-corrected chi connectivity index (χ2v) is 5.38. The van der Waals surface area contributed by atoms with E-state index in [1.165, 1.54) is 5.56 Å². The molecule has 0 unspecified atom stereocenters. The van der Waals surface area contributed by atoms with Gasteiger partial charge in [-0.25, -0.2) is 0 Å². The van der Waals surface area contributed by atoms with E-state index in [0.29, 0.717) is 24.0 Å². The predicted molar refractivity (Wildman–Crippen MR) is 86.6 cm³/mol. The average Bonchev–Trinajstić information content (AvgIpc) is 2.43. The van der Waals surface area contributed by atoms with Crippen LogP contribution in [-0.2, 0) is 0 Å². The number of benzene rings is 1. The minimum atomic E-state index is 0.475. The van der Waals surface area contributed by atoms with Gasteiger partial charge in [-0.15, -0.1) is 0 Å². The van der Waals surface area contributed by atoms with Crippen molar-refractivity contribution in [3.8, 4) is 5.88 Å². The fourth-order valence-electron chi connectivity index (χ4n) is 1.65. The van der Waals surface area contributed by atoms with Gasteiger partial charge < -0.3 is 15.8 Å². The Morgan fingerprint density at radius 1 is 1.30 bits per heavy atom. The van der Waals surface area contributed by atoms with Gasteiger partial charge in [-0.1, -0.05) is 28.9 Å². The Kier molecular flexibility index (Phi) is 4.84. The van der Waals surface area contributed by atoms with Crippen LogP contribution in [0.2, 0.25) is 0 Å². The van der Waals surface area contributed by atoms with Crippen LogP contribution >= 0.6 is 15.9 Å². The molecule has 4 nitrogen and oxygen atoms in total. The molecular formula is C15H18BrN3O. The van der Waals surface area contributed by atoms with E-state index < -0.39 is 0 Å². The van der Waals surface area contributed by atoms with Gasteiger partial charge in [0.1, 0.15) is 5.82 Å². The van der Waals surface area contributed by atoms with Crippen molar-refractivity contribution in [3.63, 3.8) is 0 Å². The normalized spacial score (nSPS) is 10.3. The van der Waals surface area contributed by atoms with E-state index in [1.807, 2.05) is 38.1 Å². The van der Waals surface area contributed by atoms with Crippen molar-refractivity contribution in [2.24, 2.45) is 0 Å².